The number of amides is 1. The van der Waals surface area contributed by atoms with Gasteiger partial charge in [0.05, 0.1) is 7.11 Å². The zero-order chi connectivity index (χ0) is 9.19. The van der Waals surface area contributed by atoms with Gasteiger partial charge in [0.15, 0.2) is 0 Å². The van der Waals surface area contributed by atoms with Crippen LogP contribution in [0.15, 0.2) is 0 Å². The van der Waals surface area contributed by atoms with Crippen LogP contribution in [0.3, 0.4) is 0 Å². The fourth-order valence-electron chi connectivity index (χ4n) is 1.09. The molecule has 0 aliphatic heterocycles. The summed E-state index contributed by atoms with van der Waals surface area (Å²) in [6.45, 7) is 0. The van der Waals surface area contributed by atoms with E-state index in [9.17, 15) is 13.6 Å². The van der Waals surface area contributed by atoms with Gasteiger partial charge in [-0.1, -0.05) is 0 Å². The number of alkyl halides is 2. The summed E-state index contributed by atoms with van der Waals surface area (Å²) < 4.78 is 28.2. The number of hydrogen-bond acceptors (Lipinski definition) is 2. The number of rotatable bonds is 3. The van der Waals surface area contributed by atoms with Crippen LogP contribution in [0.1, 0.15) is 19.3 Å². The summed E-state index contributed by atoms with van der Waals surface area (Å²) in [5, 5.41) is 2.41. The molecule has 1 aliphatic carbocycles. The number of hydrogen-bond donors (Lipinski definition) is 1. The maximum Gasteiger partial charge on any atom is 0.407 e. The van der Waals surface area contributed by atoms with Gasteiger partial charge in [-0.3, -0.25) is 0 Å². The van der Waals surface area contributed by atoms with Gasteiger partial charge >= 0.3 is 6.09 Å². The Morgan fingerprint density at radius 2 is 2.25 bits per heavy atom. The molecule has 0 aromatic rings. The van der Waals surface area contributed by atoms with E-state index in [0.29, 0.717) is 12.8 Å². The smallest absolute Gasteiger partial charge is 0.407 e. The lowest BCUT2D eigenvalue weighted by atomic mass is 10.2. The molecule has 5 heteroatoms. The molecule has 1 rings (SSSR count). The van der Waals surface area contributed by atoms with Crippen LogP contribution in [-0.4, -0.2) is 25.2 Å². The van der Waals surface area contributed by atoms with Gasteiger partial charge in [0, 0.05) is 12.0 Å². The van der Waals surface area contributed by atoms with Gasteiger partial charge in [0.25, 0.3) is 0 Å². The maximum atomic E-state index is 11.9. The van der Waals surface area contributed by atoms with Gasteiger partial charge in [0.1, 0.15) is 0 Å². The highest BCUT2D eigenvalue weighted by Crippen LogP contribution is 2.40. The number of carbonyl (C=O) groups excluding carboxylic acids is 1. The Kier molecular flexibility index (Phi) is 2.49. The summed E-state index contributed by atoms with van der Waals surface area (Å²) in [7, 11) is 1.22. The number of ether oxygens (including phenoxy) is 1. The number of alkyl carbamates (subject to hydrolysis) is 1. The van der Waals surface area contributed by atoms with Crippen LogP contribution in [-0.2, 0) is 4.74 Å². The summed E-state index contributed by atoms with van der Waals surface area (Å²) >= 11 is 0. The summed E-state index contributed by atoms with van der Waals surface area (Å²) in [5.41, 5.74) is -0.679. The predicted molar refractivity (Wildman–Crippen MR) is 38.1 cm³/mol. The van der Waals surface area contributed by atoms with Crippen LogP contribution < -0.4 is 5.32 Å². The molecule has 70 valence electrons. The molecular weight excluding hydrogens is 168 g/mol. The summed E-state index contributed by atoms with van der Waals surface area (Å²) in [4.78, 5) is 10.7. The van der Waals surface area contributed by atoms with Crippen LogP contribution in [0.2, 0.25) is 0 Å². The van der Waals surface area contributed by atoms with E-state index in [0.717, 1.165) is 0 Å². The first-order valence-corrected chi connectivity index (χ1v) is 3.72. The van der Waals surface area contributed by atoms with Gasteiger partial charge in [-0.15, -0.1) is 0 Å². The molecule has 0 aromatic carbocycles. The Morgan fingerprint density at radius 3 is 2.58 bits per heavy atom. The summed E-state index contributed by atoms with van der Waals surface area (Å²) in [5.74, 6) is 0. The van der Waals surface area contributed by atoms with Gasteiger partial charge in [-0.2, -0.15) is 0 Å². The Hall–Kier alpha value is -0.870. The second-order valence-corrected chi connectivity index (χ2v) is 2.99. The van der Waals surface area contributed by atoms with E-state index in [-0.39, 0.29) is 6.42 Å². The topological polar surface area (TPSA) is 38.3 Å². The van der Waals surface area contributed by atoms with E-state index in [1.807, 2.05) is 0 Å². The van der Waals surface area contributed by atoms with Gasteiger partial charge in [-0.05, 0) is 12.8 Å². The monoisotopic (exact) mass is 179 g/mol. The zero-order valence-corrected chi connectivity index (χ0v) is 6.77. The Bertz CT molecular complexity index is 180. The van der Waals surface area contributed by atoms with E-state index in [1.165, 1.54) is 7.11 Å². The average molecular weight is 179 g/mol. The Labute approximate surface area is 69.1 Å². The third-order valence-corrected chi connectivity index (χ3v) is 1.95. The normalized spacial score (nSPS) is 19.0. The maximum absolute atomic E-state index is 11.9. The highest BCUT2D eigenvalue weighted by Gasteiger charge is 2.46. The summed E-state index contributed by atoms with van der Waals surface area (Å²) in [6, 6.07) is 0. The summed E-state index contributed by atoms with van der Waals surface area (Å²) in [6.07, 6.45) is -2.04. The Balaban J connectivity index is 2.34. The number of carbonyl (C=O) groups is 1. The first-order valence-electron chi connectivity index (χ1n) is 3.72. The van der Waals surface area contributed by atoms with Gasteiger partial charge < -0.3 is 10.1 Å². The molecule has 1 N–H and O–H groups in total. The van der Waals surface area contributed by atoms with Crippen LogP contribution >= 0.6 is 0 Å². The highest BCUT2D eigenvalue weighted by atomic mass is 19.3. The van der Waals surface area contributed by atoms with Crippen LogP contribution in [0.4, 0.5) is 13.6 Å². The molecule has 0 radical (unpaired) electrons. The molecule has 0 saturated heterocycles. The van der Waals surface area contributed by atoms with Crippen molar-refractivity contribution in [3.63, 3.8) is 0 Å². The molecule has 0 unspecified atom stereocenters. The molecule has 1 aliphatic rings. The second kappa shape index (κ2) is 3.25. The van der Waals surface area contributed by atoms with Crippen LogP contribution in [0.25, 0.3) is 0 Å². The highest BCUT2D eigenvalue weighted by molar-refractivity contribution is 5.68. The van der Waals surface area contributed by atoms with E-state index in [2.05, 4.69) is 10.1 Å². The minimum Gasteiger partial charge on any atom is -0.453 e. The molecule has 0 atom stereocenters. The zero-order valence-electron chi connectivity index (χ0n) is 6.77. The standard InChI is InChI=1S/C7H11F2NO2/c1-12-6(11)10-7(2-3-7)4-5(8)9/h5H,2-4H2,1H3,(H,10,11). The molecule has 12 heavy (non-hydrogen) atoms. The molecule has 1 fully saturated rings. The van der Waals surface area contributed by atoms with Gasteiger partial charge in [0.2, 0.25) is 6.43 Å². The Morgan fingerprint density at radius 1 is 1.67 bits per heavy atom. The van der Waals surface area contributed by atoms with Crippen molar-refractivity contribution < 1.29 is 18.3 Å². The molecule has 0 aromatic heterocycles. The van der Waals surface area contributed by atoms with Crippen LogP contribution in [0.5, 0.6) is 0 Å². The first kappa shape index (κ1) is 9.22. The fraction of sp³-hybridized carbons (Fsp3) is 0.857. The molecule has 1 saturated carbocycles. The number of halogens is 2. The predicted octanol–water partition coefficient (Wildman–Crippen LogP) is 1.53. The first-order chi connectivity index (χ1) is 5.58. The average Bonchev–Trinajstić information content (AvgIpc) is 2.67. The van der Waals surface area contributed by atoms with Crippen molar-refractivity contribution in [1.82, 2.24) is 5.32 Å². The van der Waals surface area contributed by atoms with E-state index >= 15 is 0 Å². The van der Waals surface area contributed by atoms with E-state index < -0.39 is 18.1 Å². The molecule has 3 nitrogen and oxygen atoms in total. The van der Waals surface area contributed by atoms with E-state index in [4.69, 9.17) is 0 Å². The fourth-order valence-corrected chi connectivity index (χ4v) is 1.09. The van der Waals surface area contributed by atoms with Crippen molar-refractivity contribution in [2.24, 2.45) is 0 Å². The number of nitrogens with one attached hydrogen (secondary N) is 1. The largest absolute Gasteiger partial charge is 0.453 e. The lowest BCUT2D eigenvalue weighted by Crippen LogP contribution is -2.38. The molecule has 0 spiro atoms. The number of methoxy groups -OCH3 is 1. The van der Waals surface area contributed by atoms with Crippen molar-refractivity contribution in [1.29, 1.82) is 0 Å². The molecule has 1 amide bonds. The van der Waals surface area contributed by atoms with Crippen molar-refractivity contribution >= 4 is 6.09 Å². The van der Waals surface area contributed by atoms with E-state index in [1.54, 1.807) is 0 Å². The van der Waals surface area contributed by atoms with Crippen molar-refractivity contribution in [2.75, 3.05) is 7.11 Å². The molecular formula is C7H11F2NO2. The van der Waals surface area contributed by atoms with Crippen molar-refractivity contribution in [3.05, 3.63) is 0 Å². The van der Waals surface area contributed by atoms with Gasteiger partial charge in [-0.25, -0.2) is 13.6 Å². The lowest BCUT2D eigenvalue weighted by molar-refractivity contribution is 0.112. The quantitative estimate of drug-likeness (QED) is 0.713. The van der Waals surface area contributed by atoms with Crippen LogP contribution in [0, 0.1) is 0 Å². The minimum absolute atomic E-state index is 0.276. The van der Waals surface area contributed by atoms with Crippen molar-refractivity contribution in [2.45, 2.75) is 31.2 Å². The van der Waals surface area contributed by atoms with Crippen molar-refractivity contribution in [3.8, 4) is 0 Å². The third-order valence-electron chi connectivity index (χ3n) is 1.95. The lowest BCUT2D eigenvalue weighted by Gasteiger charge is -2.15. The SMILES string of the molecule is COC(=O)NC1(CC(F)F)CC1. The third kappa shape index (κ3) is 2.32. The minimum atomic E-state index is -2.37. The molecule has 0 heterocycles. The molecule has 0 bridgehead atoms. The second-order valence-electron chi connectivity index (χ2n) is 2.99.